The van der Waals surface area contributed by atoms with Crippen molar-refractivity contribution >= 4 is 22.5 Å². The van der Waals surface area contributed by atoms with E-state index < -0.39 is 0 Å². The smallest absolute Gasteiger partial charge is 0.251 e. The molecule has 1 aromatic heterocycles. The summed E-state index contributed by atoms with van der Waals surface area (Å²) in [6, 6.07) is 18.0. The molecule has 1 aliphatic rings. The van der Waals surface area contributed by atoms with Gasteiger partial charge < -0.3 is 15.5 Å². The summed E-state index contributed by atoms with van der Waals surface area (Å²) < 4.78 is 0. The summed E-state index contributed by atoms with van der Waals surface area (Å²) in [6.45, 7) is 4.59. The summed E-state index contributed by atoms with van der Waals surface area (Å²) >= 11 is 0. The third kappa shape index (κ3) is 4.79. The van der Waals surface area contributed by atoms with Gasteiger partial charge in [-0.1, -0.05) is 36.8 Å². The number of amides is 1. The first kappa shape index (κ1) is 20.4. The number of aromatic nitrogens is 1. The fraction of sp³-hybridized carbons (Fsp3) is 0.360. The zero-order valence-corrected chi connectivity index (χ0v) is 17.7. The zero-order chi connectivity index (χ0) is 20.8. The Labute approximate surface area is 178 Å². The molecule has 0 bridgehead atoms. The first-order valence-electron chi connectivity index (χ1n) is 10.9. The Bertz CT molecular complexity index is 994. The molecule has 3 aromatic rings. The summed E-state index contributed by atoms with van der Waals surface area (Å²) in [5, 5.41) is 7.44. The zero-order valence-electron chi connectivity index (χ0n) is 17.7. The SMILES string of the molecule is CNC(=O)c1ccc(-c2cc(NCCCN3CCCCC3)c3ccccc3n2)cc1. The lowest BCUT2D eigenvalue weighted by Crippen LogP contribution is -2.31. The number of fused-ring (bicyclic) bond motifs is 1. The van der Waals surface area contributed by atoms with Crippen LogP contribution in [0.25, 0.3) is 22.2 Å². The number of likely N-dealkylation sites (tertiary alicyclic amines) is 1. The molecule has 5 heteroatoms. The quantitative estimate of drug-likeness (QED) is 0.569. The van der Waals surface area contributed by atoms with Gasteiger partial charge in [0.2, 0.25) is 0 Å². The second-order valence-electron chi connectivity index (χ2n) is 7.91. The minimum Gasteiger partial charge on any atom is -0.384 e. The average Bonchev–Trinajstić information content (AvgIpc) is 2.82. The van der Waals surface area contributed by atoms with Gasteiger partial charge in [0, 0.05) is 35.8 Å². The van der Waals surface area contributed by atoms with Gasteiger partial charge in [-0.15, -0.1) is 0 Å². The van der Waals surface area contributed by atoms with Crippen molar-refractivity contribution in [2.24, 2.45) is 0 Å². The van der Waals surface area contributed by atoms with Crippen molar-refractivity contribution in [3.8, 4) is 11.3 Å². The number of para-hydroxylation sites is 1. The predicted octanol–water partition coefficient (Wildman–Crippen LogP) is 4.55. The number of piperidine rings is 1. The van der Waals surface area contributed by atoms with E-state index >= 15 is 0 Å². The first-order chi connectivity index (χ1) is 14.7. The van der Waals surface area contributed by atoms with Crippen LogP contribution in [0.2, 0.25) is 0 Å². The van der Waals surface area contributed by atoms with Gasteiger partial charge in [-0.2, -0.15) is 0 Å². The van der Waals surface area contributed by atoms with Crippen LogP contribution in [-0.2, 0) is 0 Å². The summed E-state index contributed by atoms with van der Waals surface area (Å²) in [5.41, 5.74) is 4.66. The third-order valence-electron chi connectivity index (χ3n) is 5.80. The Morgan fingerprint density at radius 1 is 1.03 bits per heavy atom. The van der Waals surface area contributed by atoms with E-state index in [1.54, 1.807) is 7.05 Å². The molecule has 1 fully saturated rings. The van der Waals surface area contributed by atoms with Gasteiger partial charge in [0.15, 0.2) is 0 Å². The highest BCUT2D eigenvalue weighted by atomic mass is 16.1. The van der Waals surface area contributed by atoms with Gasteiger partial charge in [0.05, 0.1) is 11.2 Å². The number of nitrogens with zero attached hydrogens (tertiary/aromatic N) is 2. The molecule has 2 heterocycles. The molecule has 0 unspecified atom stereocenters. The molecule has 0 atom stereocenters. The van der Waals surface area contributed by atoms with E-state index in [1.165, 1.54) is 32.4 Å². The lowest BCUT2D eigenvalue weighted by Gasteiger charge is -2.26. The van der Waals surface area contributed by atoms with Crippen molar-refractivity contribution in [2.75, 3.05) is 38.5 Å². The van der Waals surface area contributed by atoms with Crippen LogP contribution in [0.5, 0.6) is 0 Å². The number of rotatable bonds is 7. The van der Waals surface area contributed by atoms with E-state index in [1.807, 2.05) is 30.3 Å². The Balaban J connectivity index is 1.51. The predicted molar refractivity (Wildman–Crippen MR) is 124 cm³/mol. The third-order valence-corrected chi connectivity index (χ3v) is 5.80. The average molecular weight is 403 g/mol. The number of benzene rings is 2. The standard InChI is InChI=1S/C25H30N4O/c1-26-25(30)20-12-10-19(11-13-20)23-18-24(21-8-3-4-9-22(21)28-23)27-14-7-17-29-15-5-2-6-16-29/h3-4,8-13,18H,2,5-7,14-17H2,1H3,(H,26,30)(H,27,28). The summed E-state index contributed by atoms with van der Waals surface area (Å²) in [6.07, 6.45) is 5.19. The molecule has 4 rings (SSSR count). The molecule has 2 aromatic carbocycles. The van der Waals surface area contributed by atoms with Crippen LogP contribution in [0.15, 0.2) is 54.6 Å². The van der Waals surface area contributed by atoms with Gasteiger partial charge in [-0.3, -0.25) is 4.79 Å². The maximum Gasteiger partial charge on any atom is 0.251 e. The lowest BCUT2D eigenvalue weighted by atomic mass is 10.1. The van der Waals surface area contributed by atoms with E-state index in [0.29, 0.717) is 5.56 Å². The highest BCUT2D eigenvalue weighted by Crippen LogP contribution is 2.28. The van der Waals surface area contributed by atoms with E-state index in [0.717, 1.165) is 47.4 Å². The van der Waals surface area contributed by atoms with Gasteiger partial charge >= 0.3 is 0 Å². The van der Waals surface area contributed by atoms with Crippen molar-refractivity contribution in [3.05, 3.63) is 60.2 Å². The van der Waals surface area contributed by atoms with Crippen LogP contribution in [0.3, 0.4) is 0 Å². The molecule has 1 saturated heterocycles. The fourth-order valence-electron chi connectivity index (χ4n) is 4.11. The van der Waals surface area contributed by atoms with Crippen LogP contribution in [0.4, 0.5) is 5.69 Å². The van der Waals surface area contributed by atoms with Crippen LogP contribution >= 0.6 is 0 Å². The number of carbonyl (C=O) groups excluding carboxylic acids is 1. The topological polar surface area (TPSA) is 57.3 Å². The van der Waals surface area contributed by atoms with Crippen molar-refractivity contribution in [2.45, 2.75) is 25.7 Å². The molecular formula is C25H30N4O. The van der Waals surface area contributed by atoms with Crippen LogP contribution < -0.4 is 10.6 Å². The molecule has 1 amide bonds. The first-order valence-corrected chi connectivity index (χ1v) is 10.9. The maximum absolute atomic E-state index is 11.8. The molecule has 30 heavy (non-hydrogen) atoms. The van der Waals surface area contributed by atoms with Gasteiger partial charge in [0.1, 0.15) is 0 Å². The Morgan fingerprint density at radius 2 is 1.80 bits per heavy atom. The molecule has 156 valence electrons. The molecule has 2 N–H and O–H groups in total. The normalized spacial score (nSPS) is 14.6. The number of hydrogen-bond donors (Lipinski definition) is 2. The number of nitrogens with one attached hydrogen (secondary N) is 2. The molecule has 0 spiro atoms. The fourth-order valence-corrected chi connectivity index (χ4v) is 4.11. The van der Waals surface area contributed by atoms with E-state index in [4.69, 9.17) is 4.98 Å². The second-order valence-corrected chi connectivity index (χ2v) is 7.91. The molecule has 0 radical (unpaired) electrons. The monoisotopic (exact) mass is 402 g/mol. The molecule has 0 saturated carbocycles. The molecule has 5 nitrogen and oxygen atoms in total. The summed E-state index contributed by atoms with van der Waals surface area (Å²) in [5.74, 6) is -0.0796. The van der Waals surface area contributed by atoms with E-state index in [2.05, 4.69) is 39.8 Å². The number of carbonyl (C=O) groups is 1. The Morgan fingerprint density at radius 3 is 2.57 bits per heavy atom. The van der Waals surface area contributed by atoms with Crippen molar-refractivity contribution < 1.29 is 4.79 Å². The number of pyridine rings is 1. The maximum atomic E-state index is 11.8. The second kappa shape index (κ2) is 9.72. The van der Waals surface area contributed by atoms with Crippen LogP contribution in [0.1, 0.15) is 36.0 Å². The largest absolute Gasteiger partial charge is 0.384 e. The van der Waals surface area contributed by atoms with Crippen LogP contribution in [-0.4, -0.2) is 49.0 Å². The van der Waals surface area contributed by atoms with E-state index in [-0.39, 0.29) is 5.91 Å². The Hall–Kier alpha value is -2.92. The minimum absolute atomic E-state index is 0.0796. The highest BCUT2D eigenvalue weighted by Gasteiger charge is 2.11. The van der Waals surface area contributed by atoms with Crippen LogP contribution in [0, 0.1) is 0 Å². The van der Waals surface area contributed by atoms with Gasteiger partial charge in [0.25, 0.3) is 5.91 Å². The molecular weight excluding hydrogens is 372 g/mol. The summed E-state index contributed by atoms with van der Waals surface area (Å²) in [4.78, 5) is 19.2. The molecule has 0 aliphatic carbocycles. The lowest BCUT2D eigenvalue weighted by molar-refractivity contribution is 0.0963. The van der Waals surface area contributed by atoms with Gasteiger partial charge in [-0.05, 0) is 63.2 Å². The van der Waals surface area contributed by atoms with Crippen molar-refractivity contribution in [1.82, 2.24) is 15.2 Å². The summed E-state index contributed by atoms with van der Waals surface area (Å²) in [7, 11) is 1.64. The minimum atomic E-state index is -0.0796. The Kier molecular flexibility index (Phi) is 6.60. The van der Waals surface area contributed by atoms with E-state index in [9.17, 15) is 4.79 Å². The van der Waals surface area contributed by atoms with Crippen molar-refractivity contribution in [3.63, 3.8) is 0 Å². The highest BCUT2D eigenvalue weighted by molar-refractivity contribution is 5.95. The van der Waals surface area contributed by atoms with Gasteiger partial charge in [-0.25, -0.2) is 4.98 Å². The molecule has 1 aliphatic heterocycles. The van der Waals surface area contributed by atoms with Crippen molar-refractivity contribution in [1.29, 1.82) is 0 Å². The number of hydrogen-bond acceptors (Lipinski definition) is 4. The number of anilines is 1.